The van der Waals surface area contributed by atoms with Crippen molar-refractivity contribution in [3.63, 3.8) is 0 Å². The number of benzene rings is 1. The molecule has 5 nitrogen and oxygen atoms in total. The first-order valence-corrected chi connectivity index (χ1v) is 9.01. The molecule has 0 bridgehead atoms. The average molecular weight is 312 g/mol. The van der Waals surface area contributed by atoms with Crippen LogP contribution in [0.1, 0.15) is 31.1 Å². The van der Waals surface area contributed by atoms with Crippen molar-refractivity contribution in [1.82, 2.24) is 10.2 Å². The molecule has 118 valence electrons. The molecule has 21 heavy (non-hydrogen) atoms. The van der Waals surface area contributed by atoms with Gasteiger partial charge >= 0.3 is 0 Å². The first-order valence-electron chi connectivity index (χ1n) is 7.12. The molecule has 1 aromatic rings. The molecular formula is C15H24N2O3S. The summed E-state index contributed by atoms with van der Waals surface area (Å²) in [4.78, 5) is 14.5. The zero-order chi connectivity index (χ0) is 16.0. The van der Waals surface area contributed by atoms with Gasteiger partial charge in [0, 0.05) is 24.4 Å². The second-order valence-corrected chi connectivity index (χ2v) is 7.10. The van der Waals surface area contributed by atoms with E-state index < -0.39 is 9.84 Å². The summed E-state index contributed by atoms with van der Waals surface area (Å²) in [7, 11) is -3.30. The van der Waals surface area contributed by atoms with Gasteiger partial charge in [-0.3, -0.25) is 9.69 Å². The molecular weight excluding hydrogens is 288 g/mol. The summed E-state index contributed by atoms with van der Waals surface area (Å²) < 4.78 is 23.0. The molecule has 0 aliphatic heterocycles. The Balaban J connectivity index is 2.73. The Morgan fingerprint density at radius 1 is 1.29 bits per heavy atom. The summed E-state index contributed by atoms with van der Waals surface area (Å²) in [6.45, 7) is 8.60. The molecule has 1 atom stereocenters. The van der Waals surface area contributed by atoms with Gasteiger partial charge in [0.25, 0.3) is 5.91 Å². The van der Waals surface area contributed by atoms with Crippen LogP contribution in [0, 0.1) is 0 Å². The molecule has 6 heteroatoms. The van der Waals surface area contributed by atoms with Gasteiger partial charge in [-0.1, -0.05) is 19.9 Å². The lowest BCUT2D eigenvalue weighted by Crippen LogP contribution is -2.42. The molecule has 0 saturated carbocycles. The van der Waals surface area contributed by atoms with Crippen molar-refractivity contribution in [2.45, 2.75) is 31.7 Å². The van der Waals surface area contributed by atoms with E-state index in [4.69, 9.17) is 0 Å². The van der Waals surface area contributed by atoms with Gasteiger partial charge in [-0.15, -0.1) is 0 Å². The Kier molecular flexibility index (Phi) is 6.36. The minimum absolute atomic E-state index is 0.159. The highest BCUT2D eigenvalue weighted by molar-refractivity contribution is 7.90. The first kappa shape index (κ1) is 17.7. The standard InChI is InChI=1S/C15H24N2O3S/c1-5-17(6-2)12(3)11-16-15(18)13-8-7-9-14(10-13)21(4,19)20/h7-10,12H,5-6,11H2,1-4H3,(H,16,18). The number of likely N-dealkylation sites (N-methyl/N-ethyl adjacent to an activating group) is 1. The fourth-order valence-corrected chi connectivity index (χ4v) is 2.85. The van der Waals surface area contributed by atoms with Crippen LogP contribution in [0.4, 0.5) is 0 Å². The third kappa shape index (κ3) is 5.13. The van der Waals surface area contributed by atoms with Crippen LogP contribution in [0.25, 0.3) is 0 Å². The van der Waals surface area contributed by atoms with Crippen molar-refractivity contribution >= 4 is 15.7 Å². The summed E-state index contributed by atoms with van der Waals surface area (Å²) in [6.07, 6.45) is 1.13. The second kappa shape index (κ2) is 7.56. The summed E-state index contributed by atoms with van der Waals surface area (Å²) >= 11 is 0. The second-order valence-electron chi connectivity index (χ2n) is 5.08. The fraction of sp³-hybridized carbons (Fsp3) is 0.533. The van der Waals surface area contributed by atoms with Gasteiger partial charge in [-0.2, -0.15) is 0 Å². The molecule has 0 heterocycles. The van der Waals surface area contributed by atoms with Crippen molar-refractivity contribution in [2.75, 3.05) is 25.9 Å². The van der Waals surface area contributed by atoms with Crippen LogP contribution in [0.5, 0.6) is 0 Å². The van der Waals surface area contributed by atoms with E-state index >= 15 is 0 Å². The average Bonchev–Trinajstić information content (AvgIpc) is 2.45. The highest BCUT2D eigenvalue weighted by atomic mass is 32.2. The van der Waals surface area contributed by atoms with Gasteiger partial charge in [0.2, 0.25) is 0 Å². The van der Waals surface area contributed by atoms with E-state index in [1.54, 1.807) is 12.1 Å². The molecule has 1 rings (SSSR count). The number of sulfone groups is 1. The van der Waals surface area contributed by atoms with Gasteiger partial charge in [-0.25, -0.2) is 8.42 Å². The maximum absolute atomic E-state index is 12.1. The smallest absolute Gasteiger partial charge is 0.251 e. The summed E-state index contributed by atoms with van der Waals surface area (Å²) in [6, 6.07) is 6.34. The Labute approximate surface area is 127 Å². The van der Waals surface area contributed by atoms with Crippen LogP contribution in [-0.2, 0) is 9.84 Å². The van der Waals surface area contributed by atoms with E-state index in [-0.39, 0.29) is 16.8 Å². The van der Waals surface area contributed by atoms with Crippen LogP contribution in [0.2, 0.25) is 0 Å². The lowest BCUT2D eigenvalue weighted by molar-refractivity contribution is 0.0938. The van der Waals surface area contributed by atoms with Crippen molar-refractivity contribution in [2.24, 2.45) is 0 Å². The zero-order valence-corrected chi connectivity index (χ0v) is 13.9. The van der Waals surface area contributed by atoms with Gasteiger partial charge in [-0.05, 0) is 38.2 Å². The molecule has 0 aromatic heterocycles. The Hall–Kier alpha value is -1.40. The van der Waals surface area contributed by atoms with E-state index in [1.165, 1.54) is 12.1 Å². The molecule has 0 spiro atoms. The lowest BCUT2D eigenvalue weighted by Gasteiger charge is -2.26. The van der Waals surface area contributed by atoms with Crippen LogP contribution in [0.15, 0.2) is 29.2 Å². The molecule has 1 unspecified atom stereocenters. The van der Waals surface area contributed by atoms with Crippen LogP contribution in [0.3, 0.4) is 0 Å². The lowest BCUT2D eigenvalue weighted by atomic mass is 10.2. The first-order chi connectivity index (χ1) is 9.79. The predicted octanol–water partition coefficient (Wildman–Crippen LogP) is 1.55. The van der Waals surface area contributed by atoms with Crippen LogP contribution in [-0.4, -0.2) is 51.2 Å². The molecule has 0 aliphatic carbocycles. The number of carbonyl (C=O) groups excluding carboxylic acids is 1. The third-order valence-electron chi connectivity index (χ3n) is 3.52. The Bertz CT molecular complexity index is 580. The molecule has 0 fully saturated rings. The van der Waals surface area contributed by atoms with Gasteiger partial charge in [0.05, 0.1) is 4.90 Å². The van der Waals surface area contributed by atoms with Crippen LogP contribution >= 0.6 is 0 Å². The number of rotatable bonds is 7. The number of hydrogen-bond donors (Lipinski definition) is 1. The quantitative estimate of drug-likeness (QED) is 0.829. The third-order valence-corrected chi connectivity index (χ3v) is 4.63. The topological polar surface area (TPSA) is 66.5 Å². The van der Waals surface area contributed by atoms with E-state index in [9.17, 15) is 13.2 Å². The fourth-order valence-electron chi connectivity index (χ4n) is 2.19. The molecule has 1 N–H and O–H groups in total. The van der Waals surface area contributed by atoms with Crippen molar-refractivity contribution < 1.29 is 13.2 Å². The zero-order valence-electron chi connectivity index (χ0n) is 13.1. The van der Waals surface area contributed by atoms with Crippen molar-refractivity contribution in [1.29, 1.82) is 0 Å². The van der Waals surface area contributed by atoms with E-state index in [2.05, 4.69) is 31.0 Å². The largest absolute Gasteiger partial charge is 0.350 e. The van der Waals surface area contributed by atoms with E-state index in [0.29, 0.717) is 12.1 Å². The number of hydrogen-bond acceptors (Lipinski definition) is 4. The van der Waals surface area contributed by atoms with Gasteiger partial charge in [0.1, 0.15) is 0 Å². The summed E-state index contributed by atoms with van der Waals surface area (Å²) in [5, 5.41) is 2.85. The summed E-state index contributed by atoms with van der Waals surface area (Å²) in [5.74, 6) is -0.250. The normalized spacial score (nSPS) is 13.2. The van der Waals surface area contributed by atoms with E-state index in [1.807, 2.05) is 0 Å². The Morgan fingerprint density at radius 2 is 1.90 bits per heavy atom. The molecule has 0 radical (unpaired) electrons. The predicted molar refractivity (Wildman–Crippen MR) is 84.3 cm³/mol. The number of nitrogens with one attached hydrogen (secondary N) is 1. The molecule has 1 amide bonds. The minimum atomic E-state index is -3.30. The van der Waals surface area contributed by atoms with E-state index in [0.717, 1.165) is 19.3 Å². The SMILES string of the molecule is CCN(CC)C(C)CNC(=O)c1cccc(S(C)(=O)=O)c1. The maximum Gasteiger partial charge on any atom is 0.251 e. The minimum Gasteiger partial charge on any atom is -0.350 e. The molecule has 0 aliphatic rings. The van der Waals surface area contributed by atoms with Gasteiger partial charge in [0.15, 0.2) is 9.84 Å². The van der Waals surface area contributed by atoms with Crippen LogP contribution < -0.4 is 5.32 Å². The molecule has 0 saturated heterocycles. The molecule has 1 aromatic carbocycles. The van der Waals surface area contributed by atoms with Gasteiger partial charge < -0.3 is 5.32 Å². The Morgan fingerprint density at radius 3 is 2.43 bits per heavy atom. The highest BCUT2D eigenvalue weighted by Crippen LogP contribution is 2.11. The highest BCUT2D eigenvalue weighted by Gasteiger charge is 2.14. The number of nitrogens with zero attached hydrogens (tertiary/aromatic N) is 1. The van der Waals surface area contributed by atoms with Crippen molar-refractivity contribution in [3.05, 3.63) is 29.8 Å². The summed E-state index contributed by atoms with van der Waals surface area (Å²) in [5.41, 5.74) is 0.365. The number of carbonyl (C=O) groups is 1. The van der Waals surface area contributed by atoms with Crippen molar-refractivity contribution in [3.8, 4) is 0 Å². The maximum atomic E-state index is 12.1. The monoisotopic (exact) mass is 312 g/mol. The number of amides is 1.